The van der Waals surface area contributed by atoms with E-state index in [0.29, 0.717) is 12.0 Å². The Kier molecular flexibility index (Phi) is 7.00. The number of rotatable bonds is 7. The van der Waals surface area contributed by atoms with Gasteiger partial charge in [-0.05, 0) is 48.7 Å². The highest BCUT2D eigenvalue weighted by Crippen LogP contribution is 2.44. The van der Waals surface area contributed by atoms with Gasteiger partial charge in [-0.3, -0.25) is 9.59 Å². The third kappa shape index (κ3) is 5.18. The monoisotopic (exact) mass is 509 g/mol. The molecule has 2 fully saturated rings. The molecule has 0 bridgehead atoms. The Hall–Kier alpha value is -4.03. The van der Waals surface area contributed by atoms with Gasteiger partial charge in [-0.25, -0.2) is 4.79 Å². The predicted octanol–water partition coefficient (Wildman–Crippen LogP) is 5.14. The molecule has 0 spiro atoms. The minimum Gasteiger partial charge on any atom is -0.462 e. The van der Waals surface area contributed by atoms with E-state index in [1.165, 1.54) is 6.08 Å². The standard InChI is InChI=1S/C32H31NO5/c1-20-7-6-10-24(17-20)32(2,33)29(34)16-15-25-26-18-30(35)37-28(26)19-27(25)38-31(36)23-13-11-22(12-14-23)21-8-4-3-5-9-21/h3-17,25-28H,18-19,33H2,1-2H3/b16-15+/t25-,26-,27?,28+,32?/m1/s1. The molecule has 2 aliphatic rings. The maximum atomic E-state index is 13.2. The van der Waals surface area contributed by atoms with Crippen LogP contribution in [0.1, 0.15) is 41.3 Å². The van der Waals surface area contributed by atoms with Crippen molar-refractivity contribution in [2.45, 2.75) is 44.4 Å². The van der Waals surface area contributed by atoms with Gasteiger partial charge in [-0.15, -0.1) is 0 Å². The van der Waals surface area contributed by atoms with Crippen LogP contribution in [0.4, 0.5) is 0 Å². The van der Waals surface area contributed by atoms with Crippen molar-refractivity contribution in [1.82, 2.24) is 0 Å². The van der Waals surface area contributed by atoms with E-state index in [1.807, 2.05) is 73.7 Å². The van der Waals surface area contributed by atoms with Crippen LogP contribution < -0.4 is 5.73 Å². The number of carbonyl (C=O) groups is 3. The molecule has 1 heterocycles. The molecule has 194 valence electrons. The summed E-state index contributed by atoms with van der Waals surface area (Å²) in [6.07, 6.45) is 2.97. The van der Waals surface area contributed by atoms with Gasteiger partial charge >= 0.3 is 11.9 Å². The van der Waals surface area contributed by atoms with E-state index < -0.39 is 17.6 Å². The highest BCUT2D eigenvalue weighted by atomic mass is 16.6. The molecule has 0 aromatic heterocycles. The number of aryl methyl sites for hydroxylation is 1. The highest BCUT2D eigenvalue weighted by Gasteiger charge is 2.51. The van der Waals surface area contributed by atoms with Crippen molar-refractivity contribution in [3.63, 3.8) is 0 Å². The zero-order chi connectivity index (χ0) is 26.9. The van der Waals surface area contributed by atoms with Gasteiger partial charge in [-0.1, -0.05) is 78.4 Å². The number of benzene rings is 3. The molecule has 1 saturated heterocycles. The lowest BCUT2D eigenvalue weighted by atomic mass is 9.86. The number of fused-ring (bicyclic) bond motifs is 1. The molecule has 38 heavy (non-hydrogen) atoms. The Labute approximate surface area is 222 Å². The number of ketones is 1. The second kappa shape index (κ2) is 10.4. The fourth-order valence-electron chi connectivity index (χ4n) is 5.41. The molecule has 5 atom stereocenters. The van der Waals surface area contributed by atoms with E-state index in [-0.39, 0.29) is 36.1 Å². The van der Waals surface area contributed by atoms with Gasteiger partial charge in [0.05, 0.1) is 12.0 Å². The highest BCUT2D eigenvalue weighted by molar-refractivity contribution is 5.98. The number of nitrogens with two attached hydrogens (primary N) is 1. The van der Waals surface area contributed by atoms with Gasteiger partial charge in [0.2, 0.25) is 0 Å². The average Bonchev–Trinajstić information content (AvgIpc) is 3.43. The molecule has 0 amide bonds. The molecule has 6 nitrogen and oxygen atoms in total. The first-order valence-electron chi connectivity index (χ1n) is 12.9. The number of hydrogen-bond donors (Lipinski definition) is 1. The van der Waals surface area contributed by atoms with Crippen LogP contribution in [0.2, 0.25) is 0 Å². The molecule has 5 rings (SSSR count). The van der Waals surface area contributed by atoms with Crippen LogP contribution in [0.5, 0.6) is 0 Å². The van der Waals surface area contributed by atoms with Crippen LogP contribution in [-0.2, 0) is 24.6 Å². The van der Waals surface area contributed by atoms with E-state index in [4.69, 9.17) is 15.2 Å². The summed E-state index contributed by atoms with van der Waals surface area (Å²) in [6, 6.07) is 24.7. The zero-order valence-corrected chi connectivity index (χ0v) is 21.5. The Morgan fingerprint density at radius 1 is 1.00 bits per heavy atom. The van der Waals surface area contributed by atoms with Gasteiger partial charge in [0.15, 0.2) is 5.78 Å². The van der Waals surface area contributed by atoms with Gasteiger partial charge < -0.3 is 15.2 Å². The number of hydrogen-bond acceptors (Lipinski definition) is 6. The fourth-order valence-corrected chi connectivity index (χ4v) is 5.41. The van der Waals surface area contributed by atoms with E-state index >= 15 is 0 Å². The number of ether oxygens (including phenoxy) is 2. The molecule has 0 radical (unpaired) electrons. The summed E-state index contributed by atoms with van der Waals surface area (Å²) in [5.41, 5.74) is 9.46. The molecular weight excluding hydrogens is 478 g/mol. The lowest BCUT2D eigenvalue weighted by molar-refractivity contribution is -0.141. The van der Waals surface area contributed by atoms with Crippen LogP contribution >= 0.6 is 0 Å². The van der Waals surface area contributed by atoms with Crippen molar-refractivity contribution >= 4 is 17.7 Å². The van der Waals surface area contributed by atoms with Crippen molar-refractivity contribution in [3.8, 4) is 11.1 Å². The number of esters is 2. The molecule has 1 saturated carbocycles. The second-order valence-corrected chi connectivity index (χ2v) is 10.4. The van der Waals surface area contributed by atoms with Gasteiger partial charge in [0, 0.05) is 18.3 Å². The normalized spacial score (nSPS) is 24.0. The predicted molar refractivity (Wildman–Crippen MR) is 144 cm³/mol. The first-order valence-corrected chi connectivity index (χ1v) is 12.9. The molecule has 2 unspecified atom stereocenters. The summed E-state index contributed by atoms with van der Waals surface area (Å²) in [4.78, 5) is 38.2. The lowest BCUT2D eigenvalue weighted by Crippen LogP contribution is -2.41. The van der Waals surface area contributed by atoms with E-state index in [9.17, 15) is 14.4 Å². The Morgan fingerprint density at radius 2 is 1.71 bits per heavy atom. The minimum atomic E-state index is -1.21. The number of carbonyl (C=O) groups excluding carboxylic acids is 3. The minimum absolute atomic E-state index is 0.159. The summed E-state index contributed by atoms with van der Waals surface area (Å²) in [5, 5.41) is 0. The first kappa shape index (κ1) is 25.6. The van der Waals surface area contributed by atoms with Gasteiger partial charge in [-0.2, -0.15) is 0 Å². The molecule has 3 aromatic rings. The third-order valence-corrected chi connectivity index (χ3v) is 7.64. The molecule has 6 heteroatoms. The van der Waals surface area contributed by atoms with E-state index in [2.05, 4.69) is 0 Å². The molecule has 2 N–H and O–H groups in total. The van der Waals surface area contributed by atoms with Crippen LogP contribution in [0.15, 0.2) is 91.0 Å². The first-order chi connectivity index (χ1) is 18.2. The van der Waals surface area contributed by atoms with Crippen LogP contribution in [0.3, 0.4) is 0 Å². The van der Waals surface area contributed by atoms with Crippen LogP contribution in [0, 0.1) is 18.8 Å². The molecular formula is C32H31NO5. The smallest absolute Gasteiger partial charge is 0.338 e. The summed E-state index contributed by atoms with van der Waals surface area (Å²) in [5.74, 6) is -1.48. The SMILES string of the molecule is Cc1cccc(C(C)(N)C(=O)/C=C/[C@H]2C(OC(=O)c3ccc(-c4ccccc4)cc3)C[C@@H]3OC(=O)C[C@@H]32)c1. The summed E-state index contributed by atoms with van der Waals surface area (Å²) < 4.78 is 11.4. The van der Waals surface area contributed by atoms with Crippen LogP contribution in [0.25, 0.3) is 11.1 Å². The summed E-state index contributed by atoms with van der Waals surface area (Å²) in [6.45, 7) is 3.63. The van der Waals surface area contributed by atoms with E-state index in [1.54, 1.807) is 25.1 Å². The van der Waals surface area contributed by atoms with Gasteiger partial charge in [0.1, 0.15) is 17.7 Å². The van der Waals surface area contributed by atoms with Gasteiger partial charge in [0.25, 0.3) is 0 Å². The van der Waals surface area contributed by atoms with Crippen molar-refractivity contribution in [3.05, 3.63) is 108 Å². The lowest BCUT2D eigenvalue weighted by Gasteiger charge is -2.24. The second-order valence-electron chi connectivity index (χ2n) is 10.4. The Morgan fingerprint density at radius 3 is 2.42 bits per heavy atom. The van der Waals surface area contributed by atoms with Crippen molar-refractivity contribution in [2.75, 3.05) is 0 Å². The Bertz CT molecular complexity index is 1380. The Balaban J connectivity index is 1.32. The van der Waals surface area contributed by atoms with Crippen molar-refractivity contribution in [1.29, 1.82) is 0 Å². The topological polar surface area (TPSA) is 95.7 Å². The largest absolute Gasteiger partial charge is 0.462 e. The summed E-state index contributed by atoms with van der Waals surface area (Å²) >= 11 is 0. The molecule has 1 aliphatic heterocycles. The maximum Gasteiger partial charge on any atom is 0.338 e. The summed E-state index contributed by atoms with van der Waals surface area (Å²) in [7, 11) is 0. The van der Waals surface area contributed by atoms with E-state index in [0.717, 1.165) is 22.3 Å². The zero-order valence-electron chi connectivity index (χ0n) is 21.5. The quantitative estimate of drug-likeness (QED) is 0.350. The van der Waals surface area contributed by atoms with Crippen LogP contribution in [-0.4, -0.2) is 29.9 Å². The maximum absolute atomic E-state index is 13.2. The van der Waals surface area contributed by atoms with Crippen molar-refractivity contribution in [2.24, 2.45) is 17.6 Å². The third-order valence-electron chi connectivity index (χ3n) is 7.64. The fraction of sp³-hybridized carbons (Fsp3) is 0.281. The van der Waals surface area contributed by atoms with Crippen molar-refractivity contribution < 1.29 is 23.9 Å². The molecule has 3 aromatic carbocycles. The average molecular weight is 510 g/mol. The molecule has 1 aliphatic carbocycles.